The zero-order valence-electron chi connectivity index (χ0n) is 15.8. The summed E-state index contributed by atoms with van der Waals surface area (Å²) in [6.07, 6.45) is 0. The molecule has 28 heavy (non-hydrogen) atoms. The van der Waals surface area contributed by atoms with Crippen LogP contribution in [0.25, 0.3) is 0 Å². The summed E-state index contributed by atoms with van der Waals surface area (Å²) in [4.78, 5) is 11.6. The smallest absolute Gasteiger partial charge is 0.304 e. The number of nitrogens with zero attached hydrogens (tertiary/aromatic N) is 2. The van der Waals surface area contributed by atoms with Crippen molar-refractivity contribution in [3.8, 4) is 0 Å². The fraction of sp³-hybridized carbons (Fsp3) is 0.316. The summed E-state index contributed by atoms with van der Waals surface area (Å²) >= 11 is 0. The van der Waals surface area contributed by atoms with Crippen LogP contribution in [0.15, 0.2) is 48.5 Å². The van der Waals surface area contributed by atoms with Gasteiger partial charge in [0.25, 0.3) is 5.91 Å². The number of hydrogen-bond donors (Lipinski definition) is 3. The van der Waals surface area contributed by atoms with Crippen LogP contribution < -0.4 is 20.9 Å². The second kappa shape index (κ2) is 8.70. The molecule has 0 aromatic heterocycles. The highest BCUT2D eigenvalue weighted by atomic mass is 32.2. The Morgan fingerprint density at radius 1 is 1.11 bits per heavy atom. The topological polar surface area (TPSA) is 108 Å². The van der Waals surface area contributed by atoms with Crippen molar-refractivity contribution in [1.82, 2.24) is 15.0 Å². The number of rotatable bonds is 6. The van der Waals surface area contributed by atoms with Crippen molar-refractivity contribution < 1.29 is 13.2 Å². The third kappa shape index (κ3) is 4.50. The predicted octanol–water partition coefficient (Wildman–Crippen LogP) is 0.755. The van der Waals surface area contributed by atoms with Gasteiger partial charge in [0.05, 0.1) is 12.2 Å². The molecule has 1 saturated heterocycles. The van der Waals surface area contributed by atoms with Crippen molar-refractivity contribution in [3.63, 3.8) is 0 Å². The lowest BCUT2D eigenvalue weighted by Gasteiger charge is -2.33. The molecule has 1 amide bonds. The average Bonchev–Trinajstić information content (AvgIpc) is 2.73. The normalized spacial score (nSPS) is 15.2. The van der Waals surface area contributed by atoms with Crippen LogP contribution in [0.3, 0.4) is 0 Å². The van der Waals surface area contributed by atoms with E-state index in [9.17, 15) is 13.2 Å². The number of carbonyl (C=O) groups excluding carboxylic acids is 1. The standard InChI is InChI=1S/C19H25N5O3S/c1-15-2-8-18(9-3-15)24(28(26,27)23-12-10-21-11-13-23)14-16-4-6-17(7-5-16)19(25)22-20/h2-9,21H,10-14,20H2,1H3,(H,22,25). The first-order chi connectivity index (χ1) is 13.4. The Bertz CT molecular complexity index is 908. The Hall–Kier alpha value is -2.46. The molecule has 1 fully saturated rings. The summed E-state index contributed by atoms with van der Waals surface area (Å²) in [6.45, 7) is 4.24. The molecule has 0 saturated carbocycles. The lowest BCUT2D eigenvalue weighted by Crippen LogP contribution is -2.51. The zero-order chi connectivity index (χ0) is 20.1. The van der Waals surface area contributed by atoms with Gasteiger partial charge in [-0.05, 0) is 36.8 Å². The second-order valence-corrected chi connectivity index (χ2v) is 8.52. The molecule has 1 aliphatic rings. The van der Waals surface area contributed by atoms with Gasteiger partial charge < -0.3 is 5.32 Å². The quantitative estimate of drug-likeness (QED) is 0.375. The second-order valence-electron chi connectivity index (χ2n) is 6.67. The first kappa shape index (κ1) is 20.3. The number of piperazine rings is 1. The largest absolute Gasteiger partial charge is 0.314 e. The number of benzene rings is 2. The van der Waals surface area contributed by atoms with E-state index in [1.807, 2.05) is 31.2 Å². The third-order valence-electron chi connectivity index (χ3n) is 4.68. The maximum atomic E-state index is 13.3. The van der Waals surface area contributed by atoms with Crippen LogP contribution in [0, 0.1) is 6.92 Å². The van der Waals surface area contributed by atoms with E-state index in [0.717, 1.165) is 11.1 Å². The van der Waals surface area contributed by atoms with Crippen LogP contribution in [0.5, 0.6) is 0 Å². The lowest BCUT2D eigenvalue weighted by molar-refractivity contribution is 0.0953. The maximum Gasteiger partial charge on any atom is 0.304 e. The molecule has 2 aromatic rings. The zero-order valence-corrected chi connectivity index (χ0v) is 16.6. The van der Waals surface area contributed by atoms with E-state index < -0.39 is 16.1 Å². The molecular formula is C19H25N5O3S. The highest BCUT2D eigenvalue weighted by Crippen LogP contribution is 2.24. The molecule has 0 aliphatic carbocycles. The summed E-state index contributed by atoms with van der Waals surface area (Å²) in [5.41, 5.74) is 4.93. The molecule has 0 atom stereocenters. The van der Waals surface area contributed by atoms with Gasteiger partial charge in [-0.2, -0.15) is 12.7 Å². The van der Waals surface area contributed by atoms with E-state index in [0.29, 0.717) is 37.4 Å². The monoisotopic (exact) mass is 403 g/mol. The number of nitrogens with one attached hydrogen (secondary N) is 2. The molecule has 0 radical (unpaired) electrons. The van der Waals surface area contributed by atoms with Crippen LogP contribution in [0.2, 0.25) is 0 Å². The van der Waals surface area contributed by atoms with Crippen molar-refractivity contribution in [2.75, 3.05) is 30.5 Å². The molecule has 1 heterocycles. The number of nitrogen functional groups attached to an aromatic ring is 1. The third-order valence-corrected chi connectivity index (χ3v) is 6.59. The van der Waals surface area contributed by atoms with Gasteiger partial charge in [-0.15, -0.1) is 0 Å². The number of aryl methyl sites for hydroxylation is 1. The molecular weight excluding hydrogens is 378 g/mol. The predicted molar refractivity (Wildman–Crippen MR) is 109 cm³/mol. The van der Waals surface area contributed by atoms with E-state index in [1.165, 1.54) is 8.61 Å². The van der Waals surface area contributed by atoms with Gasteiger partial charge in [-0.3, -0.25) is 14.5 Å². The van der Waals surface area contributed by atoms with Gasteiger partial charge in [0.2, 0.25) is 0 Å². The molecule has 8 nitrogen and oxygen atoms in total. The van der Waals surface area contributed by atoms with E-state index in [-0.39, 0.29) is 6.54 Å². The maximum absolute atomic E-state index is 13.3. The van der Waals surface area contributed by atoms with Crippen LogP contribution in [-0.4, -0.2) is 44.8 Å². The van der Waals surface area contributed by atoms with E-state index in [2.05, 4.69) is 10.7 Å². The highest BCUT2D eigenvalue weighted by Gasteiger charge is 2.31. The van der Waals surface area contributed by atoms with Crippen molar-refractivity contribution in [1.29, 1.82) is 0 Å². The van der Waals surface area contributed by atoms with Gasteiger partial charge in [-0.25, -0.2) is 5.84 Å². The summed E-state index contributed by atoms with van der Waals surface area (Å²) < 4.78 is 29.6. The Morgan fingerprint density at radius 3 is 2.29 bits per heavy atom. The van der Waals surface area contributed by atoms with Crippen LogP contribution in [0.4, 0.5) is 5.69 Å². The van der Waals surface area contributed by atoms with Crippen molar-refractivity contribution >= 4 is 21.8 Å². The summed E-state index contributed by atoms with van der Waals surface area (Å²) in [6, 6.07) is 14.1. The molecule has 0 bridgehead atoms. The Morgan fingerprint density at radius 2 is 1.71 bits per heavy atom. The Balaban J connectivity index is 1.92. The van der Waals surface area contributed by atoms with Gasteiger partial charge in [0.1, 0.15) is 0 Å². The molecule has 9 heteroatoms. The van der Waals surface area contributed by atoms with Gasteiger partial charge in [0.15, 0.2) is 0 Å². The minimum atomic E-state index is -3.69. The van der Waals surface area contributed by atoms with E-state index in [4.69, 9.17) is 5.84 Å². The first-order valence-electron chi connectivity index (χ1n) is 9.07. The van der Waals surface area contributed by atoms with E-state index >= 15 is 0 Å². The molecule has 0 spiro atoms. The molecule has 1 aliphatic heterocycles. The fourth-order valence-corrected chi connectivity index (χ4v) is 4.67. The average molecular weight is 404 g/mol. The summed E-state index contributed by atoms with van der Waals surface area (Å²) in [5.74, 6) is 4.76. The SMILES string of the molecule is Cc1ccc(N(Cc2ccc(C(=O)NN)cc2)S(=O)(=O)N2CCNCC2)cc1. The highest BCUT2D eigenvalue weighted by molar-refractivity contribution is 7.90. The first-order valence-corrected chi connectivity index (χ1v) is 10.5. The number of amides is 1. The lowest BCUT2D eigenvalue weighted by atomic mass is 10.1. The fourth-order valence-electron chi connectivity index (χ4n) is 3.04. The number of anilines is 1. The minimum absolute atomic E-state index is 0.167. The Labute approximate surface area is 165 Å². The van der Waals surface area contributed by atoms with Crippen LogP contribution in [0.1, 0.15) is 21.5 Å². The molecule has 150 valence electrons. The molecule has 2 aromatic carbocycles. The molecule has 4 N–H and O–H groups in total. The van der Waals surface area contributed by atoms with Gasteiger partial charge >= 0.3 is 10.2 Å². The molecule has 3 rings (SSSR count). The number of hydrogen-bond acceptors (Lipinski definition) is 5. The number of carbonyl (C=O) groups is 1. The summed E-state index contributed by atoms with van der Waals surface area (Å²) in [5, 5.41) is 3.17. The summed E-state index contributed by atoms with van der Waals surface area (Å²) in [7, 11) is -3.69. The van der Waals surface area contributed by atoms with E-state index in [1.54, 1.807) is 24.3 Å². The van der Waals surface area contributed by atoms with Crippen LogP contribution in [-0.2, 0) is 16.8 Å². The minimum Gasteiger partial charge on any atom is -0.314 e. The Kier molecular flexibility index (Phi) is 6.30. The van der Waals surface area contributed by atoms with Gasteiger partial charge in [-0.1, -0.05) is 29.8 Å². The number of nitrogens with two attached hydrogens (primary N) is 1. The van der Waals surface area contributed by atoms with Crippen molar-refractivity contribution in [3.05, 3.63) is 65.2 Å². The molecule has 0 unspecified atom stereocenters. The van der Waals surface area contributed by atoms with Crippen molar-refractivity contribution in [2.45, 2.75) is 13.5 Å². The van der Waals surface area contributed by atoms with Crippen LogP contribution >= 0.6 is 0 Å². The number of hydrazine groups is 1. The van der Waals surface area contributed by atoms with Gasteiger partial charge in [0, 0.05) is 31.7 Å². The van der Waals surface area contributed by atoms with Crippen molar-refractivity contribution in [2.24, 2.45) is 5.84 Å².